The van der Waals surface area contributed by atoms with E-state index in [1.165, 1.54) is 7.11 Å². The number of ether oxygens (including phenoxy) is 1. The number of nitrogens with zero attached hydrogens (tertiary/aromatic N) is 1. The summed E-state index contributed by atoms with van der Waals surface area (Å²) in [6, 6.07) is 5.19. The first-order valence-corrected chi connectivity index (χ1v) is 6.99. The Labute approximate surface area is 113 Å². The van der Waals surface area contributed by atoms with Crippen LogP contribution < -0.4 is 4.74 Å². The van der Waals surface area contributed by atoms with Gasteiger partial charge in [-0.25, -0.2) is 9.78 Å². The van der Waals surface area contributed by atoms with Crippen LogP contribution in [-0.2, 0) is 5.75 Å². The summed E-state index contributed by atoms with van der Waals surface area (Å²) >= 11 is 3.16. The third-order valence-corrected chi connectivity index (χ3v) is 4.30. The monoisotopic (exact) mass is 281 g/mol. The van der Waals surface area contributed by atoms with Gasteiger partial charge in [-0.15, -0.1) is 11.3 Å². The second kappa shape index (κ2) is 5.88. The highest BCUT2D eigenvalue weighted by Crippen LogP contribution is 2.27. The predicted molar refractivity (Wildman–Crippen MR) is 71.6 cm³/mol. The number of thiazole rings is 1. The summed E-state index contributed by atoms with van der Waals surface area (Å²) in [4.78, 5) is 15.2. The number of carbonyl (C=O) groups is 1. The average molecular weight is 281 g/mol. The molecule has 1 heterocycles. The molecule has 94 valence electrons. The number of carboxylic acid groups (broad SMARTS) is 1. The molecule has 18 heavy (non-hydrogen) atoms. The summed E-state index contributed by atoms with van der Waals surface area (Å²) in [5.41, 5.74) is 1.13. The predicted octanol–water partition coefficient (Wildman–Crippen LogP) is 3.14. The van der Waals surface area contributed by atoms with E-state index in [4.69, 9.17) is 9.84 Å². The van der Waals surface area contributed by atoms with Gasteiger partial charge in [0, 0.05) is 17.3 Å². The van der Waals surface area contributed by atoms with Gasteiger partial charge in [0.2, 0.25) is 0 Å². The van der Waals surface area contributed by atoms with Crippen molar-refractivity contribution in [3.8, 4) is 5.75 Å². The zero-order valence-electron chi connectivity index (χ0n) is 9.62. The number of aromatic nitrogens is 1. The minimum Gasteiger partial charge on any atom is -0.496 e. The number of hydrogen-bond donors (Lipinski definition) is 1. The standard InChI is InChI=1S/C12H11NO3S2/c1-16-10-3-2-8(6-9(10)11(14)15)7-18-12-13-4-5-17-12/h2-6H,7H2,1H3,(H,14,15). The lowest BCUT2D eigenvalue weighted by Gasteiger charge is -2.06. The Morgan fingerprint density at radius 1 is 1.56 bits per heavy atom. The fraction of sp³-hybridized carbons (Fsp3) is 0.167. The minimum absolute atomic E-state index is 0.190. The van der Waals surface area contributed by atoms with Crippen molar-refractivity contribution in [2.24, 2.45) is 0 Å². The summed E-state index contributed by atoms with van der Waals surface area (Å²) in [7, 11) is 1.46. The molecule has 0 saturated heterocycles. The van der Waals surface area contributed by atoms with Gasteiger partial charge in [-0.1, -0.05) is 17.8 Å². The lowest BCUT2D eigenvalue weighted by molar-refractivity contribution is 0.0693. The highest BCUT2D eigenvalue weighted by Gasteiger charge is 2.11. The summed E-state index contributed by atoms with van der Waals surface area (Å²) in [6.45, 7) is 0. The molecule has 0 radical (unpaired) electrons. The highest BCUT2D eigenvalue weighted by atomic mass is 32.2. The van der Waals surface area contributed by atoms with E-state index in [1.54, 1.807) is 41.4 Å². The number of thioether (sulfide) groups is 1. The minimum atomic E-state index is -0.979. The lowest BCUT2D eigenvalue weighted by atomic mass is 10.1. The molecule has 1 aromatic heterocycles. The van der Waals surface area contributed by atoms with Gasteiger partial charge in [0.15, 0.2) is 0 Å². The van der Waals surface area contributed by atoms with Crippen LogP contribution >= 0.6 is 23.1 Å². The molecule has 0 atom stereocenters. The first-order valence-electron chi connectivity index (χ1n) is 5.13. The van der Waals surface area contributed by atoms with E-state index in [0.29, 0.717) is 11.5 Å². The Morgan fingerprint density at radius 2 is 2.39 bits per heavy atom. The number of hydrogen-bond acceptors (Lipinski definition) is 5. The zero-order chi connectivity index (χ0) is 13.0. The number of rotatable bonds is 5. The van der Waals surface area contributed by atoms with Crippen LogP contribution in [-0.4, -0.2) is 23.2 Å². The van der Waals surface area contributed by atoms with Gasteiger partial charge in [0.05, 0.1) is 7.11 Å². The van der Waals surface area contributed by atoms with Crippen LogP contribution in [0, 0.1) is 0 Å². The largest absolute Gasteiger partial charge is 0.496 e. The number of carboxylic acids is 1. The van der Waals surface area contributed by atoms with E-state index in [0.717, 1.165) is 9.90 Å². The molecule has 0 bridgehead atoms. The Balaban J connectivity index is 2.14. The van der Waals surface area contributed by atoms with Crippen molar-refractivity contribution in [3.05, 3.63) is 40.9 Å². The maximum absolute atomic E-state index is 11.1. The fourth-order valence-corrected chi connectivity index (χ4v) is 3.02. The van der Waals surface area contributed by atoms with Gasteiger partial charge in [0.1, 0.15) is 15.7 Å². The second-order valence-corrected chi connectivity index (χ2v) is 5.54. The maximum atomic E-state index is 11.1. The van der Waals surface area contributed by atoms with Crippen LogP contribution in [0.15, 0.2) is 34.1 Å². The van der Waals surface area contributed by atoms with Crippen molar-refractivity contribution in [1.29, 1.82) is 0 Å². The van der Waals surface area contributed by atoms with Gasteiger partial charge in [-0.3, -0.25) is 0 Å². The molecule has 0 aliphatic heterocycles. The Hall–Kier alpha value is -1.53. The van der Waals surface area contributed by atoms with Crippen molar-refractivity contribution in [3.63, 3.8) is 0 Å². The molecule has 2 aromatic rings. The number of aromatic carboxylic acids is 1. The van der Waals surface area contributed by atoms with Crippen LogP contribution in [0.5, 0.6) is 5.75 Å². The van der Waals surface area contributed by atoms with Crippen LogP contribution in [0.25, 0.3) is 0 Å². The molecule has 0 amide bonds. The van der Waals surface area contributed by atoms with Crippen LogP contribution in [0.4, 0.5) is 0 Å². The second-order valence-electron chi connectivity index (χ2n) is 3.43. The topological polar surface area (TPSA) is 59.4 Å². The third kappa shape index (κ3) is 3.02. The van der Waals surface area contributed by atoms with Crippen LogP contribution in [0.1, 0.15) is 15.9 Å². The summed E-state index contributed by atoms with van der Waals surface area (Å²) < 4.78 is 5.99. The summed E-state index contributed by atoms with van der Waals surface area (Å²) in [5.74, 6) is 0.0936. The van der Waals surface area contributed by atoms with E-state index in [2.05, 4.69) is 4.98 Å². The molecule has 0 unspecified atom stereocenters. The molecule has 0 aliphatic rings. The average Bonchev–Trinajstić information content (AvgIpc) is 2.89. The van der Waals surface area contributed by atoms with E-state index in [9.17, 15) is 4.79 Å². The normalized spacial score (nSPS) is 10.3. The van der Waals surface area contributed by atoms with Gasteiger partial charge in [0.25, 0.3) is 0 Å². The van der Waals surface area contributed by atoms with Gasteiger partial charge >= 0.3 is 5.97 Å². The van der Waals surface area contributed by atoms with E-state index in [-0.39, 0.29) is 5.56 Å². The number of benzene rings is 1. The molecule has 0 spiro atoms. The van der Waals surface area contributed by atoms with Crippen molar-refractivity contribution in [2.45, 2.75) is 10.1 Å². The molecular formula is C12H11NO3S2. The fourth-order valence-electron chi connectivity index (χ4n) is 1.44. The molecule has 0 fully saturated rings. The molecule has 4 nitrogen and oxygen atoms in total. The first-order chi connectivity index (χ1) is 8.70. The van der Waals surface area contributed by atoms with Crippen molar-refractivity contribution >= 4 is 29.1 Å². The molecule has 6 heteroatoms. The summed E-state index contributed by atoms with van der Waals surface area (Å²) in [6.07, 6.45) is 1.75. The maximum Gasteiger partial charge on any atom is 0.339 e. The molecule has 2 rings (SSSR count). The van der Waals surface area contributed by atoms with Gasteiger partial charge < -0.3 is 9.84 Å². The van der Waals surface area contributed by atoms with E-state index in [1.807, 2.05) is 11.4 Å². The Morgan fingerprint density at radius 3 is 3.00 bits per heavy atom. The van der Waals surface area contributed by atoms with Crippen molar-refractivity contribution in [2.75, 3.05) is 7.11 Å². The Bertz CT molecular complexity index is 540. The molecular weight excluding hydrogens is 270 g/mol. The molecule has 0 saturated carbocycles. The van der Waals surface area contributed by atoms with Gasteiger partial charge in [-0.05, 0) is 17.7 Å². The van der Waals surface area contributed by atoms with E-state index >= 15 is 0 Å². The van der Waals surface area contributed by atoms with Crippen LogP contribution in [0.2, 0.25) is 0 Å². The lowest BCUT2D eigenvalue weighted by Crippen LogP contribution is -2.01. The van der Waals surface area contributed by atoms with E-state index < -0.39 is 5.97 Å². The van der Waals surface area contributed by atoms with Crippen molar-refractivity contribution in [1.82, 2.24) is 4.98 Å². The quantitative estimate of drug-likeness (QED) is 0.853. The van der Waals surface area contributed by atoms with Crippen molar-refractivity contribution < 1.29 is 14.6 Å². The molecule has 1 aromatic carbocycles. The SMILES string of the molecule is COc1ccc(CSc2nccs2)cc1C(=O)O. The highest BCUT2D eigenvalue weighted by molar-refractivity contribution is 8.00. The zero-order valence-corrected chi connectivity index (χ0v) is 11.3. The smallest absolute Gasteiger partial charge is 0.339 e. The summed E-state index contributed by atoms with van der Waals surface area (Å²) in [5, 5.41) is 11.0. The first kappa shape index (κ1) is 12.9. The molecule has 0 aliphatic carbocycles. The Kier molecular flexibility index (Phi) is 4.22. The number of methoxy groups -OCH3 is 1. The molecule has 1 N–H and O–H groups in total. The van der Waals surface area contributed by atoms with Crippen LogP contribution in [0.3, 0.4) is 0 Å². The third-order valence-electron chi connectivity index (χ3n) is 2.27. The van der Waals surface area contributed by atoms with Gasteiger partial charge in [-0.2, -0.15) is 0 Å².